The maximum atomic E-state index is 12.5. The Hall–Kier alpha value is -2.63. The molecule has 2 aromatic rings. The van der Waals surface area contributed by atoms with Crippen LogP contribution in [-0.2, 0) is 16.1 Å². The van der Waals surface area contributed by atoms with Crippen molar-refractivity contribution in [2.45, 2.75) is 32.2 Å². The maximum Gasteiger partial charge on any atom is 0.308 e. The Morgan fingerprint density at radius 1 is 1.24 bits per heavy atom. The lowest BCUT2D eigenvalue weighted by Gasteiger charge is -2.16. The van der Waals surface area contributed by atoms with Gasteiger partial charge in [-0.2, -0.15) is 0 Å². The molecule has 1 fully saturated rings. The van der Waals surface area contributed by atoms with Gasteiger partial charge in [-0.1, -0.05) is 30.3 Å². The summed E-state index contributed by atoms with van der Waals surface area (Å²) in [5.41, 5.74) is 0.985. The molecule has 0 aliphatic carbocycles. The molecule has 1 amide bonds. The number of amides is 1. The summed E-state index contributed by atoms with van der Waals surface area (Å²) < 4.78 is 2.02. The van der Waals surface area contributed by atoms with Crippen molar-refractivity contribution in [2.75, 3.05) is 13.1 Å². The molecule has 132 valence electrons. The molecule has 25 heavy (non-hydrogen) atoms. The quantitative estimate of drug-likeness (QED) is 0.875. The zero-order valence-electron chi connectivity index (χ0n) is 14.3. The summed E-state index contributed by atoms with van der Waals surface area (Å²) in [6.45, 7) is 3.45. The fraction of sp³-hybridized carbons (Fsp3) is 0.421. The van der Waals surface area contributed by atoms with Crippen LogP contribution in [0.3, 0.4) is 0 Å². The summed E-state index contributed by atoms with van der Waals surface area (Å²) >= 11 is 0. The van der Waals surface area contributed by atoms with E-state index in [1.165, 1.54) is 0 Å². The van der Waals surface area contributed by atoms with Crippen LogP contribution in [0.15, 0.2) is 42.7 Å². The molecule has 1 N–H and O–H groups in total. The summed E-state index contributed by atoms with van der Waals surface area (Å²) in [5.74, 6) is -0.551. The zero-order chi connectivity index (χ0) is 17.8. The third-order valence-corrected chi connectivity index (χ3v) is 4.93. The first-order valence-corrected chi connectivity index (χ1v) is 8.59. The lowest BCUT2D eigenvalue weighted by atomic mass is 9.89. The van der Waals surface area contributed by atoms with E-state index in [1.54, 1.807) is 11.1 Å². The van der Waals surface area contributed by atoms with Gasteiger partial charge in [0.2, 0.25) is 5.91 Å². The van der Waals surface area contributed by atoms with E-state index in [0.29, 0.717) is 13.0 Å². The highest BCUT2D eigenvalue weighted by Crippen LogP contribution is 2.33. The third-order valence-electron chi connectivity index (χ3n) is 4.93. The molecule has 0 radical (unpaired) electrons. The monoisotopic (exact) mass is 341 g/mol. The van der Waals surface area contributed by atoms with Gasteiger partial charge in [0, 0.05) is 44.4 Å². The standard InChI is InChI=1S/C19H23N3O3/c1-14-20-9-11-21(14)10-5-8-18(23)22-12-16(17(13-22)19(24)25)15-6-3-2-4-7-15/h2-4,6-7,9,11,16-17H,5,8,10,12-13H2,1H3,(H,24,25)/t16-,17+/m0/s1. The molecule has 1 aliphatic rings. The fourth-order valence-corrected chi connectivity index (χ4v) is 3.49. The number of carboxylic acids is 1. The van der Waals surface area contributed by atoms with Gasteiger partial charge in [0.1, 0.15) is 5.82 Å². The predicted octanol–water partition coefficient (Wildman–Crippen LogP) is 2.30. The highest BCUT2D eigenvalue weighted by molar-refractivity contribution is 5.79. The molecule has 1 saturated heterocycles. The van der Waals surface area contributed by atoms with Crippen molar-refractivity contribution in [2.24, 2.45) is 5.92 Å². The van der Waals surface area contributed by atoms with E-state index in [2.05, 4.69) is 4.98 Å². The Morgan fingerprint density at radius 3 is 2.64 bits per heavy atom. The minimum Gasteiger partial charge on any atom is -0.481 e. The topological polar surface area (TPSA) is 75.4 Å². The van der Waals surface area contributed by atoms with Gasteiger partial charge in [-0.05, 0) is 18.9 Å². The molecular formula is C19H23N3O3. The van der Waals surface area contributed by atoms with Crippen LogP contribution >= 0.6 is 0 Å². The van der Waals surface area contributed by atoms with Crippen LogP contribution in [-0.4, -0.2) is 44.5 Å². The molecule has 1 aromatic heterocycles. The van der Waals surface area contributed by atoms with E-state index in [1.807, 2.05) is 48.0 Å². The molecule has 6 heteroatoms. The number of carbonyl (C=O) groups is 2. The Bertz CT molecular complexity index is 741. The van der Waals surface area contributed by atoms with Crippen molar-refractivity contribution in [1.29, 1.82) is 0 Å². The van der Waals surface area contributed by atoms with Gasteiger partial charge >= 0.3 is 5.97 Å². The van der Waals surface area contributed by atoms with Crippen LogP contribution in [0.25, 0.3) is 0 Å². The minimum atomic E-state index is -0.835. The number of hydrogen-bond acceptors (Lipinski definition) is 3. The van der Waals surface area contributed by atoms with Crippen molar-refractivity contribution >= 4 is 11.9 Å². The van der Waals surface area contributed by atoms with E-state index in [4.69, 9.17) is 0 Å². The SMILES string of the molecule is Cc1nccn1CCCC(=O)N1C[C@@H](C(=O)O)[C@H](c2ccccc2)C1. The van der Waals surface area contributed by atoms with Gasteiger partial charge in [-0.25, -0.2) is 4.98 Å². The van der Waals surface area contributed by atoms with Crippen molar-refractivity contribution in [3.05, 3.63) is 54.1 Å². The average Bonchev–Trinajstić information content (AvgIpc) is 3.22. The van der Waals surface area contributed by atoms with E-state index in [0.717, 1.165) is 24.4 Å². The largest absolute Gasteiger partial charge is 0.481 e. The van der Waals surface area contributed by atoms with E-state index < -0.39 is 11.9 Å². The summed E-state index contributed by atoms with van der Waals surface area (Å²) in [7, 11) is 0. The fourth-order valence-electron chi connectivity index (χ4n) is 3.49. The molecule has 3 rings (SSSR count). The van der Waals surface area contributed by atoms with Gasteiger partial charge in [0.15, 0.2) is 0 Å². The molecule has 6 nitrogen and oxygen atoms in total. The molecule has 0 unspecified atom stereocenters. The van der Waals surface area contributed by atoms with E-state index in [-0.39, 0.29) is 18.4 Å². The zero-order valence-corrected chi connectivity index (χ0v) is 14.3. The smallest absolute Gasteiger partial charge is 0.308 e. The Kier molecular flexibility index (Phi) is 5.16. The highest BCUT2D eigenvalue weighted by Gasteiger charge is 2.40. The number of hydrogen-bond donors (Lipinski definition) is 1. The van der Waals surface area contributed by atoms with Crippen LogP contribution in [0.2, 0.25) is 0 Å². The Balaban J connectivity index is 1.60. The van der Waals surface area contributed by atoms with Crippen LogP contribution in [0.1, 0.15) is 30.1 Å². The molecule has 1 aliphatic heterocycles. The second-order valence-corrected chi connectivity index (χ2v) is 6.53. The molecule has 0 saturated carbocycles. The lowest BCUT2D eigenvalue weighted by molar-refractivity contribution is -0.141. The molecule has 2 heterocycles. The number of aliphatic carboxylic acids is 1. The Morgan fingerprint density at radius 2 is 2.00 bits per heavy atom. The van der Waals surface area contributed by atoms with Crippen LogP contribution in [0, 0.1) is 12.8 Å². The second-order valence-electron chi connectivity index (χ2n) is 6.53. The minimum absolute atomic E-state index is 0.0300. The van der Waals surface area contributed by atoms with Crippen LogP contribution in [0.5, 0.6) is 0 Å². The molecule has 2 atom stereocenters. The number of likely N-dealkylation sites (tertiary alicyclic amines) is 1. The van der Waals surface area contributed by atoms with Crippen LogP contribution in [0.4, 0.5) is 0 Å². The molecular weight excluding hydrogens is 318 g/mol. The highest BCUT2D eigenvalue weighted by atomic mass is 16.4. The summed E-state index contributed by atoms with van der Waals surface area (Å²) in [6.07, 6.45) is 4.80. The summed E-state index contributed by atoms with van der Waals surface area (Å²) in [5, 5.41) is 9.53. The number of aryl methyl sites for hydroxylation is 2. The van der Waals surface area contributed by atoms with Gasteiger partial charge in [-0.3, -0.25) is 9.59 Å². The number of imidazole rings is 1. The van der Waals surface area contributed by atoms with Gasteiger partial charge in [0.25, 0.3) is 0 Å². The first-order valence-electron chi connectivity index (χ1n) is 8.59. The van der Waals surface area contributed by atoms with Crippen molar-refractivity contribution in [1.82, 2.24) is 14.5 Å². The van der Waals surface area contributed by atoms with E-state index in [9.17, 15) is 14.7 Å². The first-order chi connectivity index (χ1) is 12.1. The first kappa shape index (κ1) is 17.2. The van der Waals surface area contributed by atoms with Gasteiger partial charge in [-0.15, -0.1) is 0 Å². The summed E-state index contributed by atoms with van der Waals surface area (Å²) in [6, 6.07) is 9.61. The number of benzene rings is 1. The van der Waals surface area contributed by atoms with Gasteiger partial charge < -0.3 is 14.6 Å². The third kappa shape index (κ3) is 3.90. The van der Waals surface area contributed by atoms with Crippen molar-refractivity contribution in [3.63, 3.8) is 0 Å². The van der Waals surface area contributed by atoms with Gasteiger partial charge in [0.05, 0.1) is 5.92 Å². The van der Waals surface area contributed by atoms with Crippen molar-refractivity contribution < 1.29 is 14.7 Å². The molecule has 0 bridgehead atoms. The molecule has 0 spiro atoms. The number of rotatable bonds is 6. The normalized spacial score (nSPS) is 20.0. The number of carbonyl (C=O) groups excluding carboxylic acids is 1. The lowest BCUT2D eigenvalue weighted by Crippen LogP contribution is -2.29. The van der Waals surface area contributed by atoms with Crippen molar-refractivity contribution in [3.8, 4) is 0 Å². The predicted molar refractivity (Wildman–Crippen MR) is 93.1 cm³/mol. The number of carboxylic acid groups (broad SMARTS) is 1. The average molecular weight is 341 g/mol. The summed E-state index contributed by atoms with van der Waals surface area (Å²) in [4.78, 5) is 30.0. The number of aromatic nitrogens is 2. The van der Waals surface area contributed by atoms with E-state index >= 15 is 0 Å². The second kappa shape index (κ2) is 7.51. The Labute approximate surface area is 147 Å². The maximum absolute atomic E-state index is 12.5. The molecule has 1 aromatic carbocycles. The van der Waals surface area contributed by atoms with Crippen LogP contribution < -0.4 is 0 Å². The number of nitrogens with zero attached hydrogens (tertiary/aromatic N) is 3.